The third-order valence-corrected chi connectivity index (χ3v) is 9.29. The van der Waals surface area contributed by atoms with Crippen LogP contribution in [0.4, 0.5) is 259 Å². The second kappa shape index (κ2) is 24.3. The average molecular weight is 1610 g/mol. The number of ether oxygens (including phenoxy) is 9. The first kappa shape index (κ1) is 92.5. The molecule has 9 nitrogen and oxygen atoms in total. The van der Waals surface area contributed by atoms with Gasteiger partial charge in [0, 0.05) is 0 Å². The van der Waals surface area contributed by atoms with Gasteiger partial charge in [-0.05, 0) is 0 Å². The first-order valence-corrected chi connectivity index (χ1v) is 19.7. The van der Waals surface area contributed by atoms with Gasteiger partial charge in [0.05, 0.1) is 0 Å². The van der Waals surface area contributed by atoms with Crippen molar-refractivity contribution in [2.45, 2.75) is 176 Å². The van der Waals surface area contributed by atoms with E-state index in [2.05, 4.69) is 0 Å². The van der Waals surface area contributed by atoms with E-state index in [0.717, 1.165) is 0 Å². The van der Waals surface area contributed by atoms with E-state index in [1.54, 1.807) is 0 Å². The molecule has 0 radical (unpaired) electrons. The molecular weight excluding hydrogens is 1610 g/mol. The maximum Gasteiger partial charge on any atom is 0.462 e. The minimum Gasteiger partial charge on any atom is -0.272 e. The van der Waals surface area contributed by atoms with Crippen molar-refractivity contribution < 1.29 is 302 Å². The summed E-state index contributed by atoms with van der Waals surface area (Å²) in [6.45, 7) is 0. The highest BCUT2D eigenvalue weighted by Gasteiger charge is 2.95. The summed E-state index contributed by atoms with van der Waals surface area (Å²) in [7, 11) is 0. The Bertz CT molecular complexity index is 2690. The molecule has 0 aromatic heterocycles. The van der Waals surface area contributed by atoms with Crippen LogP contribution in [0.2, 0.25) is 0 Å². The van der Waals surface area contributed by atoms with Crippen molar-refractivity contribution in [3.63, 3.8) is 0 Å². The zero-order valence-electron chi connectivity index (χ0n) is 40.6. The summed E-state index contributed by atoms with van der Waals surface area (Å²) in [4.78, 5) is 0. The van der Waals surface area contributed by atoms with Crippen molar-refractivity contribution in [2.24, 2.45) is 0 Å². The minimum atomic E-state index is -10.4. The van der Waals surface area contributed by atoms with E-state index in [0.29, 0.717) is 37.9 Å². The van der Waals surface area contributed by atoms with Gasteiger partial charge in [-0.2, -0.15) is 255 Å². The molecule has 97 heavy (non-hydrogen) atoms. The van der Waals surface area contributed by atoms with Crippen molar-refractivity contribution in [1.29, 1.82) is 0 Å². The zero-order valence-corrected chi connectivity index (χ0v) is 40.6. The molecule has 0 aliphatic heterocycles. The third kappa shape index (κ3) is 15.6. The van der Waals surface area contributed by atoms with Gasteiger partial charge in [0.2, 0.25) is 0 Å². The van der Waals surface area contributed by atoms with Gasteiger partial charge in [-0.25, -0.2) is 4.39 Å². The van der Waals surface area contributed by atoms with E-state index in [1.807, 2.05) is 0 Å². The maximum atomic E-state index is 15.0. The summed E-state index contributed by atoms with van der Waals surface area (Å²) >= 11 is 0. The molecule has 68 heteroatoms. The highest BCUT2D eigenvalue weighted by molar-refractivity contribution is 5.03. The fraction of sp³-hybridized carbons (Fsp3) is 1.00. The lowest BCUT2D eigenvalue weighted by Crippen LogP contribution is -2.74. The lowest BCUT2D eigenvalue weighted by molar-refractivity contribution is -0.611. The molecule has 0 saturated heterocycles. The first-order valence-electron chi connectivity index (χ1n) is 19.7. The maximum absolute atomic E-state index is 15.0. The van der Waals surface area contributed by atoms with Gasteiger partial charge in [0.1, 0.15) is 0 Å². The summed E-state index contributed by atoms with van der Waals surface area (Å²) in [5, 5.41) is 0. The van der Waals surface area contributed by atoms with Crippen LogP contribution in [-0.4, -0.2) is 176 Å². The smallest absolute Gasteiger partial charge is 0.272 e. The Balaban J connectivity index is 8.75. The zero-order chi connectivity index (χ0) is 79.9. The summed E-state index contributed by atoms with van der Waals surface area (Å²) < 4.78 is 817. The van der Waals surface area contributed by atoms with Gasteiger partial charge in [0.15, 0.2) is 0 Å². The molecule has 584 valence electrons. The molecule has 0 N–H and O–H groups in total. The SMILES string of the molecule is FC(OC(F)(F)C(F)(OC(F)(F)C(F)(OC(F)(F)C(F)(OC(F)(F)C(F)(OC(F)(F)C(F)(OC(F)(F)C(F)(OC(F)(F)C(F)(OC(F)(F)C(F)(OC(F)(F)C(F)(F)C(F)(F)F)C(F)(F)F)C(F)(F)F)C(F)(F)F)C(F)(F)F)C(F)(F)F)C(F)(F)F)C(F)(F)F)C(F)(F)F)C(F)(F)F. The van der Waals surface area contributed by atoms with E-state index in [9.17, 15) is 250 Å². The lowest BCUT2D eigenvalue weighted by atomic mass is 10.1. The molecule has 0 heterocycles. The summed E-state index contributed by atoms with van der Waals surface area (Å²) in [5.74, 6) is -89.2. The molecule has 9 unspecified atom stereocenters. The van der Waals surface area contributed by atoms with E-state index >= 15 is 8.78 Å². The van der Waals surface area contributed by atoms with Gasteiger partial charge < -0.3 is 0 Å². The van der Waals surface area contributed by atoms with Gasteiger partial charge in [-0.3, -0.25) is 42.6 Å². The Morgan fingerprint density at radius 2 is 0.258 bits per heavy atom. The molecule has 9 atom stereocenters. The van der Waals surface area contributed by atoms with Crippen molar-refractivity contribution in [1.82, 2.24) is 0 Å². The standard InChI is InChI=1S/C29HF59O9/c30-1(2(31,32)33)89-22(73,74)4(36,13(47,48)49)91-24(77,78)6(38,15(53,54)55)93-26(81,82)8(40,17(59,60)61)95-28(85,86)10(42,19(65,66)67)97-29(87,88)11(43,20(68,69)70)96-27(83,84)9(41,18(62,63)64)94-25(79,80)7(39,16(56,57)58)92-23(75,76)5(37,14(50,51)52)90-21(71,72)3(34,35)12(44,45)46/h1H. The van der Waals surface area contributed by atoms with Gasteiger partial charge >= 0.3 is 170 Å². The normalized spacial score (nSPS) is 21.3. The number of rotatable bonds is 27. The second-order valence-electron chi connectivity index (χ2n) is 16.3. The highest BCUT2D eigenvalue weighted by Crippen LogP contribution is 2.66. The topological polar surface area (TPSA) is 83.1 Å². The van der Waals surface area contributed by atoms with Crippen LogP contribution in [-0.2, 0) is 42.6 Å². The molecule has 0 spiro atoms. The summed E-state index contributed by atoms with van der Waals surface area (Å²) in [6.07, 6.45) is -188. The van der Waals surface area contributed by atoms with Crippen LogP contribution in [0.1, 0.15) is 0 Å². The molecule has 0 aromatic carbocycles. The molecule has 0 aliphatic rings. The summed E-state index contributed by atoms with van der Waals surface area (Å²) in [6, 6.07) is 0. The van der Waals surface area contributed by atoms with Crippen LogP contribution in [0.15, 0.2) is 0 Å². The molecular formula is C29HF59O9. The number of alkyl halides is 59. The Hall–Kier alpha value is -4.49. The molecule has 0 bridgehead atoms. The first-order chi connectivity index (χ1) is 40.8. The number of halogens is 59. The largest absolute Gasteiger partial charge is 0.462 e. The Kier molecular flexibility index (Phi) is 23.2. The van der Waals surface area contributed by atoms with Gasteiger partial charge in [-0.15, -0.1) is 0 Å². The summed E-state index contributed by atoms with van der Waals surface area (Å²) in [5.41, 5.74) is 0. The van der Waals surface area contributed by atoms with Crippen molar-refractivity contribution in [3.8, 4) is 0 Å². The molecule has 0 saturated carbocycles. The predicted octanol–water partition coefficient (Wildman–Crippen LogP) is 18.4. The van der Waals surface area contributed by atoms with Crippen molar-refractivity contribution in [3.05, 3.63) is 0 Å². The van der Waals surface area contributed by atoms with Crippen LogP contribution in [0.25, 0.3) is 0 Å². The predicted molar refractivity (Wildman–Crippen MR) is 155 cm³/mol. The Morgan fingerprint density at radius 3 is 0.361 bits per heavy atom. The Morgan fingerprint density at radius 1 is 0.144 bits per heavy atom. The van der Waals surface area contributed by atoms with Crippen LogP contribution < -0.4 is 0 Å². The number of hydrogen-bond donors (Lipinski definition) is 0. The third-order valence-electron chi connectivity index (χ3n) is 9.29. The minimum absolute atomic E-state index is 0.324. The number of hydrogen-bond acceptors (Lipinski definition) is 9. The molecule has 0 amide bonds. The van der Waals surface area contributed by atoms with E-state index in [4.69, 9.17) is 0 Å². The Labute approximate surface area is 479 Å². The second-order valence-corrected chi connectivity index (χ2v) is 16.3. The van der Waals surface area contributed by atoms with Crippen LogP contribution in [0, 0.1) is 0 Å². The molecule has 0 aromatic rings. The van der Waals surface area contributed by atoms with E-state index in [1.165, 1.54) is 4.74 Å². The van der Waals surface area contributed by atoms with Gasteiger partial charge in [0.25, 0.3) is 6.36 Å². The monoisotopic (exact) mass is 1610 g/mol. The van der Waals surface area contributed by atoms with E-state index < -0.39 is 176 Å². The molecule has 0 fully saturated rings. The quantitative estimate of drug-likeness (QED) is 0.0747. The van der Waals surface area contributed by atoms with Crippen LogP contribution in [0.5, 0.6) is 0 Å². The molecule has 0 aliphatic carbocycles. The van der Waals surface area contributed by atoms with Gasteiger partial charge in [-0.1, -0.05) is 0 Å². The van der Waals surface area contributed by atoms with E-state index in [-0.39, 0.29) is 0 Å². The van der Waals surface area contributed by atoms with Crippen molar-refractivity contribution in [2.75, 3.05) is 0 Å². The van der Waals surface area contributed by atoms with Crippen LogP contribution in [0.3, 0.4) is 0 Å². The lowest BCUT2D eigenvalue weighted by Gasteiger charge is -2.45. The highest BCUT2D eigenvalue weighted by atomic mass is 19.5. The molecule has 0 rings (SSSR count). The fourth-order valence-corrected chi connectivity index (χ4v) is 4.63. The fourth-order valence-electron chi connectivity index (χ4n) is 4.63. The average Bonchev–Trinajstić information content (AvgIpc) is 0.713. The van der Waals surface area contributed by atoms with Crippen molar-refractivity contribution >= 4 is 0 Å². The van der Waals surface area contributed by atoms with Crippen LogP contribution >= 0.6 is 0 Å².